The van der Waals surface area contributed by atoms with Crippen LogP contribution in [0.2, 0.25) is 10.0 Å². The van der Waals surface area contributed by atoms with Crippen LogP contribution in [0.4, 0.5) is 0 Å². The molecule has 1 unspecified atom stereocenters. The predicted octanol–water partition coefficient (Wildman–Crippen LogP) is 2.51. The molecule has 1 fully saturated rings. The minimum Gasteiger partial charge on any atom is -0.481 e. The molecular formula is C15H15Cl2N3O3. The van der Waals surface area contributed by atoms with Crippen molar-refractivity contribution in [3.63, 3.8) is 0 Å². The van der Waals surface area contributed by atoms with Crippen LogP contribution in [0.25, 0.3) is 5.65 Å². The molecule has 0 aliphatic carbocycles. The zero-order valence-corrected chi connectivity index (χ0v) is 13.7. The first kappa shape index (κ1) is 16.1. The van der Waals surface area contributed by atoms with Gasteiger partial charge in [-0.3, -0.25) is 9.59 Å². The molecular weight excluding hydrogens is 341 g/mol. The van der Waals surface area contributed by atoms with Crippen LogP contribution < -0.4 is 0 Å². The topological polar surface area (TPSA) is 74.9 Å². The maximum atomic E-state index is 12.4. The SMILES string of the molecule is O=C(O)C1CCCN(C(=O)Cc2cn3cc(Cl)cc(Cl)c3n2)C1. The summed E-state index contributed by atoms with van der Waals surface area (Å²) >= 11 is 12.0. The van der Waals surface area contributed by atoms with Gasteiger partial charge in [-0.1, -0.05) is 23.2 Å². The average molecular weight is 356 g/mol. The summed E-state index contributed by atoms with van der Waals surface area (Å²) in [5.74, 6) is -1.46. The van der Waals surface area contributed by atoms with Crippen molar-refractivity contribution in [2.24, 2.45) is 5.92 Å². The Labute approximate surface area is 142 Å². The second kappa shape index (κ2) is 6.37. The van der Waals surface area contributed by atoms with Crippen LogP contribution in [-0.2, 0) is 16.0 Å². The summed E-state index contributed by atoms with van der Waals surface area (Å²) < 4.78 is 1.68. The smallest absolute Gasteiger partial charge is 0.308 e. The van der Waals surface area contributed by atoms with Crippen molar-refractivity contribution in [2.75, 3.05) is 13.1 Å². The molecule has 0 radical (unpaired) electrons. The summed E-state index contributed by atoms with van der Waals surface area (Å²) in [5.41, 5.74) is 1.12. The van der Waals surface area contributed by atoms with E-state index in [1.54, 1.807) is 27.8 Å². The predicted molar refractivity (Wildman–Crippen MR) is 85.9 cm³/mol. The molecule has 1 aliphatic heterocycles. The first-order chi connectivity index (χ1) is 10.9. The van der Waals surface area contributed by atoms with Crippen LogP contribution in [0.5, 0.6) is 0 Å². The monoisotopic (exact) mass is 355 g/mol. The minimum atomic E-state index is -0.850. The third kappa shape index (κ3) is 3.43. The molecule has 2 aromatic rings. The van der Waals surface area contributed by atoms with E-state index in [2.05, 4.69) is 4.98 Å². The number of aliphatic carboxylic acids is 1. The number of imidazole rings is 1. The summed E-state index contributed by atoms with van der Waals surface area (Å²) in [6.07, 6.45) is 4.81. The van der Waals surface area contributed by atoms with Crippen LogP contribution in [0, 0.1) is 5.92 Å². The highest BCUT2D eigenvalue weighted by Gasteiger charge is 2.28. The Bertz CT molecular complexity index is 775. The van der Waals surface area contributed by atoms with Gasteiger partial charge in [0.1, 0.15) is 0 Å². The third-order valence-corrected chi connectivity index (χ3v) is 4.46. The highest BCUT2D eigenvalue weighted by molar-refractivity contribution is 6.36. The van der Waals surface area contributed by atoms with Gasteiger partial charge in [-0.25, -0.2) is 4.98 Å². The molecule has 1 saturated heterocycles. The zero-order chi connectivity index (χ0) is 16.6. The van der Waals surface area contributed by atoms with Gasteiger partial charge < -0.3 is 14.4 Å². The van der Waals surface area contributed by atoms with E-state index >= 15 is 0 Å². The van der Waals surface area contributed by atoms with Crippen LogP contribution in [0.15, 0.2) is 18.5 Å². The van der Waals surface area contributed by atoms with Gasteiger partial charge in [0, 0.05) is 25.5 Å². The minimum absolute atomic E-state index is 0.113. The molecule has 122 valence electrons. The molecule has 1 aliphatic rings. The van der Waals surface area contributed by atoms with E-state index in [9.17, 15) is 9.59 Å². The molecule has 1 N–H and O–H groups in total. The number of halogens is 2. The Balaban J connectivity index is 1.75. The van der Waals surface area contributed by atoms with Crippen molar-refractivity contribution in [1.82, 2.24) is 14.3 Å². The standard InChI is InChI=1S/C15H15Cl2N3O3/c16-10-4-12(17)14-18-11(8-20(14)7-10)5-13(21)19-3-1-2-9(6-19)15(22)23/h4,7-9H,1-3,5-6H2,(H,22,23). The van der Waals surface area contributed by atoms with Crippen molar-refractivity contribution in [3.8, 4) is 0 Å². The van der Waals surface area contributed by atoms with Crippen LogP contribution >= 0.6 is 23.2 Å². The largest absolute Gasteiger partial charge is 0.481 e. The van der Waals surface area contributed by atoms with Gasteiger partial charge in [-0.05, 0) is 18.9 Å². The fourth-order valence-electron chi connectivity index (χ4n) is 2.83. The molecule has 0 bridgehead atoms. The van der Waals surface area contributed by atoms with E-state index in [0.29, 0.717) is 40.8 Å². The summed E-state index contributed by atoms with van der Waals surface area (Å²) in [6, 6.07) is 1.60. The first-order valence-electron chi connectivity index (χ1n) is 7.27. The highest BCUT2D eigenvalue weighted by atomic mass is 35.5. The Kier molecular flexibility index (Phi) is 4.46. The van der Waals surface area contributed by atoms with E-state index in [0.717, 1.165) is 0 Å². The molecule has 0 spiro atoms. The lowest BCUT2D eigenvalue weighted by atomic mass is 9.98. The molecule has 3 heterocycles. The van der Waals surface area contributed by atoms with E-state index in [4.69, 9.17) is 28.3 Å². The molecule has 2 aromatic heterocycles. The molecule has 1 amide bonds. The lowest BCUT2D eigenvalue weighted by molar-refractivity contribution is -0.145. The number of rotatable bonds is 3. The molecule has 3 rings (SSSR count). The number of hydrogen-bond donors (Lipinski definition) is 1. The van der Waals surface area contributed by atoms with Crippen LogP contribution in [0.1, 0.15) is 18.5 Å². The summed E-state index contributed by atoms with van der Waals surface area (Å²) in [7, 11) is 0. The number of carboxylic acid groups (broad SMARTS) is 1. The number of pyridine rings is 1. The number of piperidine rings is 1. The fraction of sp³-hybridized carbons (Fsp3) is 0.400. The number of carbonyl (C=O) groups is 2. The number of hydrogen-bond acceptors (Lipinski definition) is 3. The van der Waals surface area contributed by atoms with E-state index < -0.39 is 11.9 Å². The number of likely N-dealkylation sites (tertiary alicyclic amines) is 1. The van der Waals surface area contributed by atoms with Gasteiger partial charge in [-0.2, -0.15) is 0 Å². The summed E-state index contributed by atoms with van der Waals surface area (Å²) in [5, 5.41) is 10.00. The fourth-order valence-corrected chi connectivity index (χ4v) is 3.36. The first-order valence-corrected chi connectivity index (χ1v) is 8.03. The molecule has 1 atom stereocenters. The number of carbonyl (C=O) groups excluding carboxylic acids is 1. The van der Waals surface area contributed by atoms with Crippen LogP contribution in [-0.4, -0.2) is 44.4 Å². The van der Waals surface area contributed by atoms with E-state index in [1.807, 2.05) is 0 Å². The van der Waals surface area contributed by atoms with Crippen molar-refractivity contribution in [2.45, 2.75) is 19.3 Å². The van der Waals surface area contributed by atoms with Crippen LogP contribution in [0.3, 0.4) is 0 Å². The average Bonchev–Trinajstić information content (AvgIpc) is 2.90. The zero-order valence-electron chi connectivity index (χ0n) is 12.2. The maximum absolute atomic E-state index is 12.4. The number of amides is 1. The van der Waals surface area contributed by atoms with Crippen molar-refractivity contribution in [1.29, 1.82) is 0 Å². The van der Waals surface area contributed by atoms with Crippen molar-refractivity contribution >= 4 is 40.7 Å². The Morgan fingerprint density at radius 1 is 1.35 bits per heavy atom. The Morgan fingerprint density at radius 2 is 2.13 bits per heavy atom. The number of aromatic nitrogens is 2. The summed E-state index contributed by atoms with van der Waals surface area (Å²) in [4.78, 5) is 29.4. The second-order valence-electron chi connectivity index (χ2n) is 5.66. The Morgan fingerprint density at radius 3 is 2.87 bits per heavy atom. The molecule has 6 nitrogen and oxygen atoms in total. The van der Waals surface area contributed by atoms with E-state index in [-0.39, 0.29) is 18.9 Å². The van der Waals surface area contributed by atoms with Crippen molar-refractivity contribution in [3.05, 3.63) is 34.2 Å². The van der Waals surface area contributed by atoms with Gasteiger partial charge in [0.15, 0.2) is 5.65 Å². The second-order valence-corrected chi connectivity index (χ2v) is 6.51. The number of carboxylic acids is 1. The van der Waals surface area contributed by atoms with Gasteiger partial charge in [0.05, 0.1) is 28.1 Å². The van der Waals surface area contributed by atoms with E-state index in [1.165, 1.54) is 0 Å². The van der Waals surface area contributed by atoms with Gasteiger partial charge in [-0.15, -0.1) is 0 Å². The molecule has 0 aromatic carbocycles. The lowest BCUT2D eigenvalue weighted by Gasteiger charge is -2.30. The van der Waals surface area contributed by atoms with Gasteiger partial charge in [0.2, 0.25) is 5.91 Å². The molecule has 8 heteroatoms. The lowest BCUT2D eigenvalue weighted by Crippen LogP contribution is -2.43. The molecule has 23 heavy (non-hydrogen) atoms. The summed E-state index contributed by atoms with van der Waals surface area (Å²) in [6.45, 7) is 0.844. The van der Waals surface area contributed by atoms with Gasteiger partial charge in [0.25, 0.3) is 0 Å². The Hall–Kier alpha value is -1.79. The number of nitrogens with zero attached hydrogens (tertiary/aromatic N) is 3. The molecule has 0 saturated carbocycles. The number of fused-ring (bicyclic) bond motifs is 1. The maximum Gasteiger partial charge on any atom is 0.308 e. The van der Waals surface area contributed by atoms with Gasteiger partial charge >= 0.3 is 5.97 Å². The quantitative estimate of drug-likeness (QED) is 0.917. The normalized spacial score (nSPS) is 18.3. The highest BCUT2D eigenvalue weighted by Crippen LogP contribution is 2.22. The third-order valence-electron chi connectivity index (χ3n) is 3.98. The van der Waals surface area contributed by atoms with Crippen molar-refractivity contribution < 1.29 is 14.7 Å².